The Balaban J connectivity index is 2.21. The number of aliphatic hydroxyl groups excluding tert-OH is 1. The van der Waals surface area contributed by atoms with Gasteiger partial charge in [0.1, 0.15) is 5.75 Å². The number of allylic oxidation sites excluding steroid dienone is 2. The van der Waals surface area contributed by atoms with E-state index in [9.17, 15) is 15.3 Å². The maximum Gasteiger partial charge on any atom is 0.173 e. The van der Waals surface area contributed by atoms with E-state index in [2.05, 4.69) is 11.7 Å². The zero-order valence-corrected chi connectivity index (χ0v) is 15.1. The summed E-state index contributed by atoms with van der Waals surface area (Å²) in [7, 11) is 1.71. The van der Waals surface area contributed by atoms with Crippen molar-refractivity contribution in [3.8, 4) is 22.6 Å². The van der Waals surface area contributed by atoms with Crippen molar-refractivity contribution in [2.75, 3.05) is 0 Å². The quantitative estimate of drug-likeness (QED) is 0.734. The predicted octanol–water partition coefficient (Wildman–Crippen LogP) is 3.54. The summed E-state index contributed by atoms with van der Waals surface area (Å²) in [6.07, 6.45) is 6.18. The standard InChI is InChI=1S/C20H23FN2O3/c1-10(2)15-7-13(24)5-6-14(15)17-19(25)11(3)16(18(21)20(17)26)12-8-22-23(4)9-12/h5-6,8-9,13-15,24-26H,1,7H2,2-4H3/t13?,14-,15?/m0/s1. The second-order valence-corrected chi connectivity index (χ2v) is 6.99. The normalized spacial score (nSPS) is 22.6. The van der Waals surface area contributed by atoms with Crippen molar-refractivity contribution in [2.24, 2.45) is 13.0 Å². The van der Waals surface area contributed by atoms with Crippen LogP contribution >= 0.6 is 0 Å². The van der Waals surface area contributed by atoms with Gasteiger partial charge < -0.3 is 15.3 Å². The first-order valence-electron chi connectivity index (χ1n) is 8.47. The lowest BCUT2D eigenvalue weighted by atomic mass is 9.74. The van der Waals surface area contributed by atoms with E-state index in [-0.39, 0.29) is 22.8 Å². The van der Waals surface area contributed by atoms with E-state index in [1.54, 1.807) is 32.3 Å². The van der Waals surface area contributed by atoms with Crippen molar-refractivity contribution in [3.63, 3.8) is 0 Å². The highest BCUT2D eigenvalue weighted by Gasteiger charge is 2.34. The number of aryl methyl sites for hydroxylation is 1. The molecule has 3 rings (SSSR count). The molecule has 2 unspecified atom stereocenters. The first kappa shape index (κ1) is 18.2. The first-order chi connectivity index (χ1) is 12.2. The lowest BCUT2D eigenvalue weighted by Gasteiger charge is -2.32. The molecule has 3 atom stereocenters. The lowest BCUT2D eigenvalue weighted by Crippen LogP contribution is -2.23. The topological polar surface area (TPSA) is 78.5 Å². The van der Waals surface area contributed by atoms with Gasteiger partial charge in [0.2, 0.25) is 0 Å². The molecule has 5 nitrogen and oxygen atoms in total. The van der Waals surface area contributed by atoms with Crippen LogP contribution in [0.3, 0.4) is 0 Å². The maximum atomic E-state index is 15.1. The number of rotatable bonds is 3. The van der Waals surface area contributed by atoms with Gasteiger partial charge in [0.25, 0.3) is 0 Å². The summed E-state index contributed by atoms with van der Waals surface area (Å²) in [6, 6.07) is 0. The Morgan fingerprint density at radius 2 is 2.00 bits per heavy atom. The number of aromatic hydroxyl groups is 2. The number of phenols is 2. The molecule has 0 saturated carbocycles. The molecule has 0 aliphatic heterocycles. The molecule has 0 spiro atoms. The van der Waals surface area contributed by atoms with E-state index in [0.29, 0.717) is 17.5 Å². The van der Waals surface area contributed by atoms with Crippen molar-refractivity contribution in [1.82, 2.24) is 9.78 Å². The molecule has 0 fully saturated rings. The van der Waals surface area contributed by atoms with Crippen LogP contribution in [-0.4, -0.2) is 31.2 Å². The lowest BCUT2D eigenvalue weighted by molar-refractivity contribution is 0.180. The molecular weight excluding hydrogens is 335 g/mol. The van der Waals surface area contributed by atoms with Crippen LogP contribution in [0, 0.1) is 18.7 Å². The summed E-state index contributed by atoms with van der Waals surface area (Å²) in [6.45, 7) is 7.38. The number of hydrogen-bond acceptors (Lipinski definition) is 4. The molecule has 3 N–H and O–H groups in total. The summed E-state index contributed by atoms with van der Waals surface area (Å²) >= 11 is 0. The summed E-state index contributed by atoms with van der Waals surface area (Å²) < 4.78 is 16.6. The molecule has 1 aliphatic rings. The van der Waals surface area contributed by atoms with Gasteiger partial charge >= 0.3 is 0 Å². The monoisotopic (exact) mass is 358 g/mol. The zero-order chi connectivity index (χ0) is 19.2. The third-order valence-electron chi connectivity index (χ3n) is 5.10. The fourth-order valence-electron chi connectivity index (χ4n) is 3.72. The third kappa shape index (κ3) is 2.90. The van der Waals surface area contributed by atoms with Crippen LogP contribution in [0.2, 0.25) is 0 Å². The van der Waals surface area contributed by atoms with Gasteiger partial charge in [-0.1, -0.05) is 24.3 Å². The fourth-order valence-corrected chi connectivity index (χ4v) is 3.72. The smallest absolute Gasteiger partial charge is 0.173 e. The molecule has 6 heteroatoms. The van der Waals surface area contributed by atoms with Crippen LogP contribution < -0.4 is 0 Å². The number of halogens is 1. The van der Waals surface area contributed by atoms with Gasteiger partial charge in [0.15, 0.2) is 11.6 Å². The van der Waals surface area contributed by atoms with Crippen LogP contribution in [0.1, 0.15) is 30.4 Å². The molecule has 0 amide bonds. The Hall–Kier alpha value is -2.60. The number of aliphatic hydroxyl groups is 1. The summed E-state index contributed by atoms with van der Waals surface area (Å²) in [4.78, 5) is 0. The highest BCUT2D eigenvalue weighted by molar-refractivity contribution is 5.74. The average molecular weight is 358 g/mol. The molecule has 138 valence electrons. The Bertz CT molecular complexity index is 872. The predicted molar refractivity (Wildman–Crippen MR) is 97.5 cm³/mol. The number of aromatic nitrogens is 2. The van der Waals surface area contributed by atoms with Gasteiger partial charge in [-0.05, 0) is 26.2 Å². The van der Waals surface area contributed by atoms with Crippen molar-refractivity contribution in [1.29, 1.82) is 0 Å². The van der Waals surface area contributed by atoms with Crippen molar-refractivity contribution in [3.05, 3.63) is 53.6 Å². The van der Waals surface area contributed by atoms with Gasteiger partial charge in [-0.2, -0.15) is 5.10 Å². The van der Waals surface area contributed by atoms with Gasteiger partial charge in [0.05, 0.1) is 12.3 Å². The van der Waals surface area contributed by atoms with E-state index in [4.69, 9.17) is 0 Å². The summed E-state index contributed by atoms with van der Waals surface area (Å²) in [5, 5.41) is 35.3. The highest BCUT2D eigenvalue weighted by Crippen LogP contribution is 2.49. The molecule has 1 heterocycles. The third-order valence-corrected chi connectivity index (χ3v) is 5.10. The average Bonchev–Trinajstić information content (AvgIpc) is 3.00. The Labute approximate surface area is 151 Å². The van der Waals surface area contributed by atoms with E-state index >= 15 is 4.39 Å². The van der Waals surface area contributed by atoms with Crippen molar-refractivity contribution >= 4 is 0 Å². The largest absolute Gasteiger partial charge is 0.507 e. The minimum absolute atomic E-state index is 0.128. The molecule has 26 heavy (non-hydrogen) atoms. The Morgan fingerprint density at radius 1 is 1.31 bits per heavy atom. The van der Waals surface area contributed by atoms with Crippen molar-refractivity contribution in [2.45, 2.75) is 32.3 Å². The van der Waals surface area contributed by atoms with Crippen LogP contribution in [0.5, 0.6) is 11.5 Å². The maximum absolute atomic E-state index is 15.1. The second-order valence-electron chi connectivity index (χ2n) is 6.99. The fraction of sp³-hybridized carbons (Fsp3) is 0.350. The highest BCUT2D eigenvalue weighted by atomic mass is 19.1. The van der Waals surface area contributed by atoms with Crippen LogP contribution in [0.25, 0.3) is 11.1 Å². The molecule has 1 aromatic carbocycles. The van der Waals surface area contributed by atoms with Gasteiger partial charge in [-0.3, -0.25) is 4.68 Å². The second kappa shape index (κ2) is 6.61. The van der Waals surface area contributed by atoms with Crippen LogP contribution in [0.15, 0.2) is 36.7 Å². The van der Waals surface area contributed by atoms with E-state index in [1.165, 1.54) is 10.9 Å². The van der Waals surface area contributed by atoms with Crippen LogP contribution in [0.4, 0.5) is 4.39 Å². The van der Waals surface area contributed by atoms with E-state index < -0.39 is 23.6 Å². The summed E-state index contributed by atoms with van der Waals surface area (Å²) in [5.41, 5.74) is 1.87. The van der Waals surface area contributed by atoms with Gasteiger partial charge in [-0.25, -0.2) is 4.39 Å². The van der Waals surface area contributed by atoms with Gasteiger partial charge in [-0.15, -0.1) is 0 Å². The van der Waals surface area contributed by atoms with Crippen LogP contribution in [-0.2, 0) is 7.05 Å². The molecule has 0 radical (unpaired) electrons. The molecule has 1 aliphatic carbocycles. The number of phenolic OH excluding ortho intramolecular Hbond substituents is 2. The van der Waals surface area contributed by atoms with E-state index in [0.717, 1.165) is 5.57 Å². The Kier molecular flexibility index (Phi) is 4.63. The minimum atomic E-state index is -0.789. The molecule has 0 bridgehead atoms. The molecule has 2 aromatic rings. The molecule has 0 saturated heterocycles. The summed E-state index contributed by atoms with van der Waals surface area (Å²) in [5.74, 6) is -2.20. The Morgan fingerprint density at radius 3 is 2.58 bits per heavy atom. The zero-order valence-electron chi connectivity index (χ0n) is 15.1. The number of hydrogen-bond donors (Lipinski definition) is 3. The first-order valence-corrected chi connectivity index (χ1v) is 8.47. The minimum Gasteiger partial charge on any atom is -0.507 e. The number of nitrogens with zero attached hydrogens (tertiary/aromatic N) is 2. The van der Waals surface area contributed by atoms with Gasteiger partial charge in [0, 0.05) is 41.4 Å². The van der Waals surface area contributed by atoms with Crippen molar-refractivity contribution < 1.29 is 19.7 Å². The molecule has 1 aromatic heterocycles. The van der Waals surface area contributed by atoms with E-state index in [1.807, 2.05) is 6.92 Å². The SMILES string of the molecule is C=C(C)C1CC(O)C=C[C@@H]1c1c(O)c(C)c(-c2cnn(C)c2)c(F)c1O. The molecular formula is C20H23FN2O3. The number of benzene rings is 1.